The summed E-state index contributed by atoms with van der Waals surface area (Å²) in [6.45, 7) is 4.39. The number of halogens is 1. The average molecular weight is 290 g/mol. The summed E-state index contributed by atoms with van der Waals surface area (Å²) < 4.78 is 0. The molecule has 2 unspecified atom stereocenters. The zero-order valence-electron chi connectivity index (χ0n) is 10.1. The van der Waals surface area contributed by atoms with Crippen molar-refractivity contribution in [1.29, 1.82) is 0 Å². The summed E-state index contributed by atoms with van der Waals surface area (Å²) >= 11 is 3.82. The van der Waals surface area contributed by atoms with E-state index in [-0.39, 0.29) is 0 Å². The molecule has 0 saturated carbocycles. The van der Waals surface area contributed by atoms with Gasteiger partial charge in [-0.1, -0.05) is 47.1 Å². The van der Waals surface area contributed by atoms with Gasteiger partial charge in [-0.15, -0.1) is 0 Å². The van der Waals surface area contributed by atoms with Crippen molar-refractivity contribution in [3.8, 4) is 0 Å². The van der Waals surface area contributed by atoms with E-state index in [2.05, 4.69) is 71.2 Å². The quantitative estimate of drug-likeness (QED) is 0.751. The van der Waals surface area contributed by atoms with Gasteiger partial charge in [0.05, 0.1) is 0 Å². The number of pyridine rings is 1. The van der Waals surface area contributed by atoms with Gasteiger partial charge >= 0.3 is 0 Å². The van der Waals surface area contributed by atoms with Crippen LogP contribution < -0.4 is 0 Å². The Balaban J connectivity index is 2.27. The minimum atomic E-state index is 0.339. The monoisotopic (exact) mass is 289 g/mol. The Morgan fingerprint density at radius 1 is 1.06 bits per heavy atom. The van der Waals surface area contributed by atoms with E-state index in [9.17, 15) is 0 Å². The van der Waals surface area contributed by atoms with Crippen LogP contribution in [0.25, 0.3) is 0 Å². The lowest BCUT2D eigenvalue weighted by Crippen LogP contribution is -2.03. The fourth-order valence-electron chi connectivity index (χ4n) is 2.00. The largest absolute Gasteiger partial charge is 0.265 e. The average Bonchev–Trinajstić information content (AvgIpc) is 2.39. The normalized spacial score (nSPS) is 14.3. The molecule has 0 amide bonds. The van der Waals surface area contributed by atoms with Crippen molar-refractivity contribution in [2.75, 3.05) is 0 Å². The molecular formula is C15H16BrN. The van der Waals surface area contributed by atoms with E-state index in [4.69, 9.17) is 0 Å². The summed E-state index contributed by atoms with van der Waals surface area (Å²) in [6.07, 6.45) is 3.70. The van der Waals surface area contributed by atoms with Crippen LogP contribution in [0.3, 0.4) is 0 Å². The van der Waals surface area contributed by atoms with Crippen LogP contribution in [0.2, 0.25) is 0 Å². The third-order valence-corrected chi connectivity index (χ3v) is 4.44. The first kappa shape index (κ1) is 12.3. The van der Waals surface area contributed by atoms with Gasteiger partial charge in [0.1, 0.15) is 0 Å². The Morgan fingerprint density at radius 2 is 1.71 bits per heavy atom. The van der Waals surface area contributed by atoms with Gasteiger partial charge < -0.3 is 0 Å². The second-order valence-corrected chi connectivity index (χ2v) is 5.31. The number of aromatic nitrogens is 1. The molecule has 1 nitrogen and oxygen atoms in total. The molecule has 0 fully saturated rings. The van der Waals surface area contributed by atoms with Crippen LogP contribution in [0.4, 0.5) is 0 Å². The molecule has 0 aliphatic carbocycles. The van der Waals surface area contributed by atoms with Crippen molar-refractivity contribution in [2.45, 2.75) is 24.6 Å². The maximum Gasteiger partial charge on any atom is 0.0463 e. The van der Waals surface area contributed by atoms with Gasteiger partial charge in [-0.25, -0.2) is 0 Å². The summed E-state index contributed by atoms with van der Waals surface area (Å²) in [5.41, 5.74) is 4.00. The van der Waals surface area contributed by atoms with Gasteiger partial charge in [0, 0.05) is 17.2 Å². The van der Waals surface area contributed by atoms with Crippen molar-refractivity contribution in [3.05, 3.63) is 65.5 Å². The molecule has 0 saturated heterocycles. The van der Waals surface area contributed by atoms with E-state index in [1.54, 1.807) is 0 Å². The van der Waals surface area contributed by atoms with Crippen LogP contribution in [0, 0.1) is 6.92 Å². The number of rotatable bonds is 3. The van der Waals surface area contributed by atoms with Crippen LogP contribution in [0.1, 0.15) is 34.4 Å². The van der Waals surface area contributed by atoms with Crippen molar-refractivity contribution in [2.24, 2.45) is 0 Å². The summed E-state index contributed by atoms with van der Waals surface area (Å²) in [5, 5.41) is 0. The Hall–Kier alpha value is -1.15. The molecule has 1 heterocycles. The standard InChI is InChI=1S/C15H16BrN/c1-11-5-3-4-6-14(11)15(16)12(2)13-7-9-17-10-8-13/h3-10,12,15H,1-2H3. The van der Waals surface area contributed by atoms with Crippen molar-refractivity contribution in [3.63, 3.8) is 0 Å². The molecular weight excluding hydrogens is 274 g/mol. The molecule has 0 spiro atoms. The van der Waals surface area contributed by atoms with E-state index >= 15 is 0 Å². The first-order valence-corrected chi connectivity index (χ1v) is 6.71. The number of nitrogens with zero attached hydrogens (tertiary/aromatic N) is 1. The second-order valence-electron chi connectivity index (χ2n) is 4.33. The van der Waals surface area contributed by atoms with E-state index in [1.807, 2.05) is 12.4 Å². The molecule has 1 aromatic heterocycles. The SMILES string of the molecule is Cc1ccccc1C(Br)C(C)c1ccncc1. The summed E-state index contributed by atoms with van der Waals surface area (Å²) in [7, 11) is 0. The Morgan fingerprint density at radius 3 is 2.35 bits per heavy atom. The molecule has 88 valence electrons. The van der Waals surface area contributed by atoms with Gasteiger partial charge in [0.15, 0.2) is 0 Å². The highest BCUT2D eigenvalue weighted by atomic mass is 79.9. The van der Waals surface area contributed by atoms with Crippen LogP contribution in [-0.4, -0.2) is 4.98 Å². The third-order valence-electron chi connectivity index (χ3n) is 3.16. The molecule has 0 aliphatic rings. The summed E-state index contributed by atoms with van der Waals surface area (Å²) in [5.74, 6) is 0.430. The molecule has 0 aliphatic heterocycles. The molecule has 0 N–H and O–H groups in total. The predicted octanol–water partition coefficient (Wildman–Crippen LogP) is 4.63. The second kappa shape index (κ2) is 5.46. The van der Waals surface area contributed by atoms with Crippen LogP contribution in [-0.2, 0) is 0 Å². The predicted molar refractivity (Wildman–Crippen MR) is 75.5 cm³/mol. The minimum absolute atomic E-state index is 0.339. The van der Waals surface area contributed by atoms with E-state index in [0.717, 1.165) is 0 Å². The van der Waals surface area contributed by atoms with Crippen LogP contribution in [0.15, 0.2) is 48.8 Å². The Kier molecular flexibility index (Phi) is 3.95. The molecule has 1 aromatic carbocycles. The molecule has 2 atom stereocenters. The van der Waals surface area contributed by atoms with Crippen molar-refractivity contribution in [1.82, 2.24) is 4.98 Å². The summed E-state index contributed by atoms with van der Waals surface area (Å²) in [6, 6.07) is 12.7. The van der Waals surface area contributed by atoms with Gasteiger partial charge in [-0.3, -0.25) is 4.98 Å². The topological polar surface area (TPSA) is 12.9 Å². The molecule has 2 rings (SSSR count). The third kappa shape index (κ3) is 2.75. The van der Waals surface area contributed by atoms with E-state index in [1.165, 1.54) is 16.7 Å². The lowest BCUT2D eigenvalue weighted by molar-refractivity contribution is 0.746. The smallest absolute Gasteiger partial charge is 0.0463 e. The highest BCUT2D eigenvalue weighted by Crippen LogP contribution is 2.38. The van der Waals surface area contributed by atoms with E-state index in [0.29, 0.717) is 10.7 Å². The summed E-state index contributed by atoms with van der Waals surface area (Å²) in [4.78, 5) is 4.40. The first-order valence-electron chi connectivity index (χ1n) is 5.79. The maximum atomic E-state index is 4.06. The zero-order chi connectivity index (χ0) is 12.3. The van der Waals surface area contributed by atoms with Gasteiger partial charge in [-0.2, -0.15) is 0 Å². The minimum Gasteiger partial charge on any atom is -0.265 e. The highest BCUT2D eigenvalue weighted by Gasteiger charge is 2.18. The molecule has 0 radical (unpaired) electrons. The molecule has 2 heteroatoms. The molecule has 0 bridgehead atoms. The van der Waals surface area contributed by atoms with E-state index < -0.39 is 0 Å². The number of hydrogen-bond donors (Lipinski definition) is 0. The Labute approximate surface area is 111 Å². The van der Waals surface area contributed by atoms with Crippen LogP contribution >= 0.6 is 15.9 Å². The first-order chi connectivity index (χ1) is 8.20. The highest BCUT2D eigenvalue weighted by molar-refractivity contribution is 9.09. The fourth-order valence-corrected chi connectivity index (χ4v) is 2.82. The number of hydrogen-bond acceptors (Lipinski definition) is 1. The molecule has 17 heavy (non-hydrogen) atoms. The lowest BCUT2D eigenvalue weighted by Gasteiger charge is -2.20. The zero-order valence-corrected chi connectivity index (χ0v) is 11.7. The van der Waals surface area contributed by atoms with Crippen molar-refractivity contribution >= 4 is 15.9 Å². The lowest BCUT2D eigenvalue weighted by atomic mass is 9.92. The number of benzene rings is 1. The molecule has 2 aromatic rings. The Bertz CT molecular complexity index is 481. The van der Waals surface area contributed by atoms with Gasteiger partial charge in [0.25, 0.3) is 0 Å². The van der Waals surface area contributed by atoms with Crippen LogP contribution in [0.5, 0.6) is 0 Å². The van der Waals surface area contributed by atoms with Gasteiger partial charge in [-0.05, 0) is 41.7 Å². The number of aryl methyl sites for hydroxylation is 1. The number of alkyl halides is 1. The van der Waals surface area contributed by atoms with Gasteiger partial charge in [0.2, 0.25) is 0 Å². The maximum absolute atomic E-state index is 4.06. The van der Waals surface area contributed by atoms with Crippen molar-refractivity contribution < 1.29 is 0 Å². The fraction of sp³-hybridized carbons (Fsp3) is 0.267.